The molecule has 0 bridgehead atoms. The molecule has 1 aromatic rings. The largest absolute Gasteiger partial charge is 0.444 e. The van der Waals surface area contributed by atoms with Crippen molar-refractivity contribution in [3.8, 4) is 0 Å². The van der Waals surface area contributed by atoms with E-state index in [1.807, 2.05) is 39.0 Å². The minimum absolute atomic E-state index is 0.118. The second-order valence-corrected chi connectivity index (χ2v) is 8.16. The predicted octanol–water partition coefficient (Wildman–Crippen LogP) is 3.79. The summed E-state index contributed by atoms with van der Waals surface area (Å²) in [5.74, 6) is 1.06. The Balaban J connectivity index is 1.82. The summed E-state index contributed by atoms with van der Waals surface area (Å²) in [6.45, 7) is 6.76. The van der Waals surface area contributed by atoms with Crippen molar-refractivity contribution in [2.75, 3.05) is 18.8 Å². The van der Waals surface area contributed by atoms with Gasteiger partial charge in [-0.3, -0.25) is 0 Å². The standard InChI is InChI=1S/C18H27NO3S/c1-18(2,3)22-17(21)19-11-9-16(20)14(13-19)10-12-23-15-7-5-4-6-8-15/h4-8,14,16,20H,9-13H2,1-3H3. The Morgan fingerprint density at radius 2 is 2.04 bits per heavy atom. The zero-order valence-corrected chi connectivity index (χ0v) is 15.0. The normalized spacial score (nSPS) is 22.0. The number of thioether (sulfide) groups is 1. The van der Waals surface area contributed by atoms with Gasteiger partial charge in [0.1, 0.15) is 5.60 Å². The SMILES string of the molecule is CC(C)(C)OC(=O)N1CCC(O)C(CCSc2ccccc2)C1. The van der Waals surface area contributed by atoms with Gasteiger partial charge in [0.15, 0.2) is 0 Å². The van der Waals surface area contributed by atoms with E-state index in [-0.39, 0.29) is 18.1 Å². The fraction of sp³-hybridized carbons (Fsp3) is 0.611. The molecule has 1 heterocycles. The number of aliphatic hydroxyl groups excluding tert-OH is 1. The lowest BCUT2D eigenvalue weighted by Crippen LogP contribution is -2.47. The maximum Gasteiger partial charge on any atom is 0.410 e. The minimum atomic E-state index is -0.480. The van der Waals surface area contributed by atoms with E-state index in [0.29, 0.717) is 19.5 Å². The summed E-state index contributed by atoms with van der Waals surface area (Å²) in [6.07, 6.45) is 0.912. The summed E-state index contributed by atoms with van der Waals surface area (Å²) in [7, 11) is 0. The van der Waals surface area contributed by atoms with Crippen molar-refractivity contribution in [2.24, 2.45) is 5.92 Å². The average molecular weight is 337 g/mol. The van der Waals surface area contributed by atoms with Crippen LogP contribution in [0.5, 0.6) is 0 Å². The monoisotopic (exact) mass is 337 g/mol. The molecule has 0 spiro atoms. The molecule has 5 heteroatoms. The highest BCUT2D eigenvalue weighted by Gasteiger charge is 2.32. The molecule has 1 fully saturated rings. The van der Waals surface area contributed by atoms with E-state index in [2.05, 4.69) is 12.1 Å². The second kappa shape index (κ2) is 8.06. The third-order valence-corrected chi connectivity index (χ3v) is 4.89. The number of rotatable bonds is 4. The summed E-state index contributed by atoms with van der Waals surface area (Å²) in [4.78, 5) is 15.1. The van der Waals surface area contributed by atoms with Gasteiger partial charge in [-0.05, 0) is 51.5 Å². The Morgan fingerprint density at radius 1 is 1.35 bits per heavy atom. The molecule has 128 valence electrons. The van der Waals surface area contributed by atoms with Crippen LogP contribution in [0.1, 0.15) is 33.6 Å². The van der Waals surface area contributed by atoms with Crippen LogP contribution in [0, 0.1) is 5.92 Å². The van der Waals surface area contributed by atoms with Crippen LogP contribution in [0.4, 0.5) is 4.79 Å². The number of hydrogen-bond donors (Lipinski definition) is 1. The number of benzene rings is 1. The average Bonchev–Trinajstić information content (AvgIpc) is 2.48. The fourth-order valence-corrected chi connectivity index (χ4v) is 3.65. The molecule has 1 aliphatic rings. The van der Waals surface area contributed by atoms with E-state index in [4.69, 9.17) is 4.74 Å². The van der Waals surface area contributed by atoms with E-state index in [1.54, 1.807) is 16.7 Å². The minimum Gasteiger partial charge on any atom is -0.444 e. The molecular weight excluding hydrogens is 310 g/mol. The van der Waals surface area contributed by atoms with Crippen LogP contribution in [0.25, 0.3) is 0 Å². The number of ether oxygens (including phenoxy) is 1. The molecule has 23 heavy (non-hydrogen) atoms. The lowest BCUT2D eigenvalue weighted by molar-refractivity contribution is -0.00875. The van der Waals surface area contributed by atoms with Gasteiger partial charge >= 0.3 is 6.09 Å². The van der Waals surface area contributed by atoms with Crippen molar-refractivity contribution in [3.05, 3.63) is 30.3 Å². The molecule has 1 aliphatic heterocycles. The number of piperidine rings is 1. The van der Waals surface area contributed by atoms with E-state index < -0.39 is 5.60 Å². The van der Waals surface area contributed by atoms with Gasteiger partial charge in [0.05, 0.1) is 6.10 Å². The number of likely N-dealkylation sites (tertiary alicyclic amines) is 1. The molecule has 0 saturated carbocycles. The van der Waals surface area contributed by atoms with Gasteiger partial charge in [-0.1, -0.05) is 18.2 Å². The molecule has 1 saturated heterocycles. The van der Waals surface area contributed by atoms with Gasteiger partial charge in [0.2, 0.25) is 0 Å². The lowest BCUT2D eigenvalue weighted by atomic mass is 9.93. The highest BCUT2D eigenvalue weighted by atomic mass is 32.2. The van der Waals surface area contributed by atoms with Crippen molar-refractivity contribution in [1.82, 2.24) is 4.90 Å². The summed E-state index contributed by atoms with van der Waals surface area (Å²) < 4.78 is 5.43. The number of amides is 1. The van der Waals surface area contributed by atoms with Crippen LogP contribution in [0.2, 0.25) is 0 Å². The molecule has 0 radical (unpaired) electrons. The predicted molar refractivity (Wildman–Crippen MR) is 93.7 cm³/mol. The topological polar surface area (TPSA) is 49.8 Å². The number of carbonyl (C=O) groups is 1. The highest BCUT2D eigenvalue weighted by Crippen LogP contribution is 2.26. The smallest absolute Gasteiger partial charge is 0.410 e. The summed E-state index contributed by atoms with van der Waals surface area (Å²) in [6, 6.07) is 10.3. The van der Waals surface area contributed by atoms with Crippen LogP contribution < -0.4 is 0 Å². The van der Waals surface area contributed by atoms with Crippen LogP contribution in [-0.4, -0.2) is 46.6 Å². The maximum atomic E-state index is 12.2. The zero-order chi connectivity index (χ0) is 16.9. The summed E-state index contributed by atoms with van der Waals surface area (Å²) in [5.41, 5.74) is -0.480. The number of hydrogen-bond acceptors (Lipinski definition) is 4. The van der Waals surface area contributed by atoms with Crippen molar-refractivity contribution in [1.29, 1.82) is 0 Å². The third-order valence-electron chi connectivity index (χ3n) is 3.85. The first-order valence-electron chi connectivity index (χ1n) is 8.19. The van der Waals surface area contributed by atoms with E-state index in [9.17, 15) is 9.90 Å². The number of aliphatic hydroxyl groups is 1. The first-order valence-corrected chi connectivity index (χ1v) is 9.17. The molecule has 1 amide bonds. The van der Waals surface area contributed by atoms with Gasteiger partial charge in [0.25, 0.3) is 0 Å². The quantitative estimate of drug-likeness (QED) is 0.849. The Labute approximate surface area is 143 Å². The molecule has 0 aromatic heterocycles. The molecular formula is C18H27NO3S. The van der Waals surface area contributed by atoms with Gasteiger partial charge < -0.3 is 14.7 Å². The Bertz CT molecular complexity index is 501. The van der Waals surface area contributed by atoms with E-state index in [0.717, 1.165) is 12.2 Å². The Morgan fingerprint density at radius 3 is 2.70 bits per heavy atom. The van der Waals surface area contributed by atoms with Crippen molar-refractivity contribution in [2.45, 2.75) is 50.2 Å². The highest BCUT2D eigenvalue weighted by molar-refractivity contribution is 7.99. The van der Waals surface area contributed by atoms with Gasteiger partial charge in [-0.25, -0.2) is 4.79 Å². The first-order chi connectivity index (χ1) is 10.8. The number of nitrogens with zero attached hydrogens (tertiary/aromatic N) is 1. The third kappa shape index (κ3) is 6.07. The maximum absolute atomic E-state index is 12.2. The van der Waals surface area contributed by atoms with Crippen LogP contribution >= 0.6 is 11.8 Å². The molecule has 1 N–H and O–H groups in total. The summed E-state index contributed by atoms with van der Waals surface area (Å²) in [5, 5.41) is 10.2. The van der Waals surface area contributed by atoms with E-state index in [1.165, 1.54) is 4.90 Å². The van der Waals surface area contributed by atoms with Gasteiger partial charge in [0, 0.05) is 23.9 Å². The summed E-state index contributed by atoms with van der Waals surface area (Å²) >= 11 is 1.79. The zero-order valence-electron chi connectivity index (χ0n) is 14.2. The second-order valence-electron chi connectivity index (χ2n) is 6.99. The molecule has 0 aliphatic carbocycles. The van der Waals surface area contributed by atoms with Crippen LogP contribution in [-0.2, 0) is 4.74 Å². The molecule has 2 unspecified atom stereocenters. The lowest BCUT2D eigenvalue weighted by Gasteiger charge is -2.37. The van der Waals surface area contributed by atoms with Gasteiger partial charge in [-0.15, -0.1) is 11.8 Å². The first kappa shape index (κ1) is 18.1. The van der Waals surface area contributed by atoms with Crippen molar-refractivity contribution >= 4 is 17.9 Å². The van der Waals surface area contributed by atoms with Gasteiger partial charge in [-0.2, -0.15) is 0 Å². The van der Waals surface area contributed by atoms with Crippen LogP contribution in [0.3, 0.4) is 0 Å². The molecule has 4 nitrogen and oxygen atoms in total. The van der Waals surface area contributed by atoms with Crippen LogP contribution in [0.15, 0.2) is 35.2 Å². The Kier molecular flexibility index (Phi) is 6.36. The number of carbonyl (C=O) groups excluding carboxylic acids is 1. The Hall–Kier alpha value is -1.20. The van der Waals surface area contributed by atoms with Crippen molar-refractivity contribution in [3.63, 3.8) is 0 Å². The van der Waals surface area contributed by atoms with Crippen molar-refractivity contribution < 1.29 is 14.6 Å². The molecule has 1 aromatic carbocycles. The van der Waals surface area contributed by atoms with E-state index >= 15 is 0 Å². The fourth-order valence-electron chi connectivity index (χ4n) is 2.64. The molecule has 2 rings (SSSR count). The molecule has 2 atom stereocenters.